The summed E-state index contributed by atoms with van der Waals surface area (Å²) in [5, 5.41) is 11.7. The van der Waals surface area contributed by atoms with Crippen LogP contribution in [0.3, 0.4) is 0 Å². The molecule has 0 radical (unpaired) electrons. The summed E-state index contributed by atoms with van der Waals surface area (Å²) in [4.78, 5) is 27.2. The molecule has 1 aromatic carbocycles. The van der Waals surface area contributed by atoms with Gasteiger partial charge in [0.15, 0.2) is 6.10 Å². The van der Waals surface area contributed by atoms with E-state index in [1.807, 2.05) is 24.0 Å². The summed E-state index contributed by atoms with van der Waals surface area (Å²) in [6, 6.07) is 5.30. The number of likely N-dealkylation sites (tertiary alicyclic amines) is 1. The number of hydrogen-bond acceptors (Lipinski definition) is 5. The van der Waals surface area contributed by atoms with Gasteiger partial charge in [-0.25, -0.2) is 4.79 Å². The maximum Gasteiger partial charge on any atom is 0.336 e. The molecule has 1 aliphatic carbocycles. The topological polar surface area (TPSA) is 80.0 Å². The molecule has 2 fully saturated rings. The average molecular weight is 442 g/mol. The second-order valence-corrected chi connectivity index (χ2v) is 9.67. The fourth-order valence-electron chi connectivity index (χ4n) is 5.40. The first-order chi connectivity index (χ1) is 15.3. The van der Waals surface area contributed by atoms with Gasteiger partial charge < -0.3 is 19.2 Å². The SMILES string of the molecule is CCCCc1cc(=O)oc2cc(C)cc(O[C@@H](C)C(=O)N3CC[C@@]4(O)CCCC[C@@H]4C3)c12. The van der Waals surface area contributed by atoms with Gasteiger partial charge in [0.25, 0.3) is 5.91 Å². The highest BCUT2D eigenvalue weighted by atomic mass is 16.5. The predicted molar refractivity (Wildman–Crippen MR) is 124 cm³/mol. The van der Waals surface area contributed by atoms with Crippen LogP contribution in [0, 0.1) is 12.8 Å². The lowest BCUT2D eigenvalue weighted by atomic mass is 9.71. The van der Waals surface area contributed by atoms with Crippen LogP contribution in [0.2, 0.25) is 0 Å². The van der Waals surface area contributed by atoms with E-state index in [1.54, 1.807) is 13.0 Å². The van der Waals surface area contributed by atoms with Crippen molar-refractivity contribution in [1.82, 2.24) is 4.90 Å². The molecule has 6 nitrogen and oxygen atoms in total. The third-order valence-corrected chi connectivity index (χ3v) is 7.22. The maximum atomic E-state index is 13.3. The predicted octanol–water partition coefficient (Wildman–Crippen LogP) is 4.36. The van der Waals surface area contributed by atoms with Crippen molar-refractivity contribution in [3.8, 4) is 5.75 Å². The summed E-state index contributed by atoms with van der Waals surface area (Å²) < 4.78 is 11.7. The first-order valence-corrected chi connectivity index (χ1v) is 12.1. The monoisotopic (exact) mass is 441 g/mol. The Bertz CT molecular complexity index is 1040. The smallest absolute Gasteiger partial charge is 0.336 e. The molecule has 0 bridgehead atoms. The molecule has 2 aliphatic rings. The lowest BCUT2D eigenvalue weighted by molar-refractivity contribution is -0.149. The van der Waals surface area contributed by atoms with Crippen LogP contribution in [-0.2, 0) is 11.2 Å². The zero-order chi connectivity index (χ0) is 22.9. The summed E-state index contributed by atoms with van der Waals surface area (Å²) in [5.74, 6) is 0.678. The number of aryl methyl sites for hydroxylation is 2. The summed E-state index contributed by atoms with van der Waals surface area (Å²) >= 11 is 0. The second kappa shape index (κ2) is 9.26. The Balaban J connectivity index is 1.57. The molecular weight excluding hydrogens is 406 g/mol. The van der Waals surface area contributed by atoms with E-state index in [1.165, 1.54) is 0 Å². The van der Waals surface area contributed by atoms with E-state index in [4.69, 9.17) is 9.15 Å². The van der Waals surface area contributed by atoms with Crippen LogP contribution in [0.5, 0.6) is 5.75 Å². The number of hydrogen-bond donors (Lipinski definition) is 1. The molecule has 32 heavy (non-hydrogen) atoms. The Labute approximate surface area is 189 Å². The van der Waals surface area contributed by atoms with E-state index in [0.29, 0.717) is 30.8 Å². The van der Waals surface area contributed by atoms with Crippen molar-refractivity contribution < 1.29 is 19.1 Å². The number of carbonyl (C=O) groups is 1. The van der Waals surface area contributed by atoms with E-state index in [-0.39, 0.29) is 17.5 Å². The summed E-state index contributed by atoms with van der Waals surface area (Å²) in [7, 11) is 0. The van der Waals surface area contributed by atoms with Gasteiger partial charge in [-0.1, -0.05) is 26.2 Å². The number of aliphatic hydroxyl groups is 1. The maximum absolute atomic E-state index is 13.3. The number of piperidine rings is 1. The van der Waals surface area contributed by atoms with Crippen LogP contribution in [0.25, 0.3) is 11.0 Å². The molecule has 1 amide bonds. The summed E-state index contributed by atoms with van der Waals surface area (Å²) in [5.41, 5.74) is 1.34. The fraction of sp³-hybridized carbons (Fsp3) is 0.615. The molecule has 1 N–H and O–H groups in total. The Hall–Kier alpha value is -2.34. The molecular formula is C26H35NO5. The van der Waals surface area contributed by atoms with Crippen molar-refractivity contribution in [2.45, 2.75) is 83.8 Å². The number of ether oxygens (including phenoxy) is 1. The average Bonchev–Trinajstić information content (AvgIpc) is 2.75. The van der Waals surface area contributed by atoms with Crippen molar-refractivity contribution in [2.24, 2.45) is 5.92 Å². The Morgan fingerprint density at radius 3 is 2.91 bits per heavy atom. The Morgan fingerprint density at radius 2 is 2.12 bits per heavy atom. The Morgan fingerprint density at radius 1 is 1.31 bits per heavy atom. The molecule has 3 atom stereocenters. The number of benzene rings is 1. The van der Waals surface area contributed by atoms with E-state index in [2.05, 4.69) is 6.92 Å². The van der Waals surface area contributed by atoms with Gasteiger partial charge in [-0.15, -0.1) is 0 Å². The van der Waals surface area contributed by atoms with Gasteiger partial charge in [-0.2, -0.15) is 0 Å². The number of unbranched alkanes of at least 4 members (excludes halogenated alkanes) is 1. The molecule has 0 spiro atoms. The highest BCUT2D eigenvalue weighted by Crippen LogP contribution is 2.40. The van der Waals surface area contributed by atoms with Crippen LogP contribution >= 0.6 is 0 Å². The van der Waals surface area contributed by atoms with Gasteiger partial charge in [0.2, 0.25) is 0 Å². The van der Waals surface area contributed by atoms with Crippen molar-refractivity contribution >= 4 is 16.9 Å². The standard InChI is InChI=1S/C26H35NO5/c1-4-5-8-19-15-23(28)32-22-14-17(2)13-21(24(19)22)31-18(3)25(29)27-12-11-26(30)10-7-6-9-20(26)16-27/h13-15,18,20,30H,4-12,16H2,1-3H3/t18-,20+,26-/m0/s1. The molecule has 1 aromatic heterocycles. The second-order valence-electron chi connectivity index (χ2n) is 9.67. The van der Waals surface area contributed by atoms with Gasteiger partial charge in [0.1, 0.15) is 11.3 Å². The van der Waals surface area contributed by atoms with Crippen LogP contribution in [-0.4, -0.2) is 40.7 Å². The van der Waals surface area contributed by atoms with E-state index in [9.17, 15) is 14.7 Å². The molecule has 2 aromatic rings. The number of amides is 1. The number of carbonyl (C=O) groups excluding carboxylic acids is 1. The van der Waals surface area contributed by atoms with Gasteiger partial charge in [0.05, 0.1) is 11.0 Å². The van der Waals surface area contributed by atoms with E-state index in [0.717, 1.165) is 61.5 Å². The minimum absolute atomic E-state index is 0.0558. The number of fused-ring (bicyclic) bond motifs is 2. The van der Waals surface area contributed by atoms with Crippen LogP contribution in [0.1, 0.15) is 69.9 Å². The molecule has 2 heterocycles. The third kappa shape index (κ3) is 4.56. The third-order valence-electron chi connectivity index (χ3n) is 7.22. The Kier molecular flexibility index (Phi) is 6.61. The van der Waals surface area contributed by atoms with Crippen molar-refractivity contribution in [2.75, 3.05) is 13.1 Å². The first kappa shape index (κ1) is 22.8. The minimum Gasteiger partial charge on any atom is -0.480 e. The molecule has 6 heteroatoms. The van der Waals surface area contributed by atoms with Gasteiger partial charge in [-0.3, -0.25) is 4.79 Å². The van der Waals surface area contributed by atoms with Crippen LogP contribution < -0.4 is 10.4 Å². The van der Waals surface area contributed by atoms with Crippen LogP contribution in [0.4, 0.5) is 0 Å². The highest BCUT2D eigenvalue weighted by molar-refractivity contribution is 5.88. The number of rotatable bonds is 6. The molecule has 1 aliphatic heterocycles. The van der Waals surface area contributed by atoms with Gasteiger partial charge in [0, 0.05) is 25.1 Å². The lowest BCUT2D eigenvalue weighted by Crippen LogP contribution is -2.56. The van der Waals surface area contributed by atoms with Crippen LogP contribution in [0.15, 0.2) is 27.4 Å². The summed E-state index contributed by atoms with van der Waals surface area (Å²) in [6.07, 6.45) is 6.69. The minimum atomic E-state index is -0.666. The highest BCUT2D eigenvalue weighted by Gasteiger charge is 2.44. The zero-order valence-corrected chi connectivity index (χ0v) is 19.5. The van der Waals surface area contributed by atoms with Crippen molar-refractivity contribution in [3.05, 3.63) is 39.7 Å². The number of nitrogens with zero attached hydrogens (tertiary/aromatic N) is 1. The quantitative estimate of drug-likeness (QED) is 0.674. The van der Waals surface area contributed by atoms with Gasteiger partial charge in [-0.05, 0) is 69.2 Å². The fourth-order valence-corrected chi connectivity index (χ4v) is 5.40. The van der Waals surface area contributed by atoms with Crippen molar-refractivity contribution in [3.63, 3.8) is 0 Å². The molecule has 1 saturated carbocycles. The van der Waals surface area contributed by atoms with E-state index >= 15 is 0 Å². The normalized spacial score (nSPS) is 24.2. The first-order valence-electron chi connectivity index (χ1n) is 12.1. The lowest BCUT2D eigenvalue weighted by Gasteiger charge is -2.47. The molecule has 0 unspecified atom stereocenters. The zero-order valence-electron chi connectivity index (χ0n) is 19.5. The largest absolute Gasteiger partial charge is 0.480 e. The molecule has 4 rings (SSSR count). The van der Waals surface area contributed by atoms with Crippen molar-refractivity contribution in [1.29, 1.82) is 0 Å². The van der Waals surface area contributed by atoms with Gasteiger partial charge >= 0.3 is 5.63 Å². The molecule has 174 valence electrons. The molecule has 1 saturated heterocycles. The van der Waals surface area contributed by atoms with E-state index < -0.39 is 11.7 Å². The summed E-state index contributed by atoms with van der Waals surface area (Å²) in [6.45, 7) is 6.97.